The summed E-state index contributed by atoms with van der Waals surface area (Å²) >= 11 is 5.34. The van der Waals surface area contributed by atoms with Crippen LogP contribution in [0.2, 0.25) is 0 Å². The van der Waals surface area contributed by atoms with Gasteiger partial charge in [0.2, 0.25) is 0 Å². The van der Waals surface area contributed by atoms with E-state index in [4.69, 9.17) is 17.0 Å². The van der Waals surface area contributed by atoms with E-state index in [1.165, 1.54) is 0 Å². The maximum absolute atomic E-state index is 11.6. The van der Waals surface area contributed by atoms with E-state index < -0.39 is 15.4 Å². The first-order valence-electron chi connectivity index (χ1n) is 6.19. The summed E-state index contributed by atoms with van der Waals surface area (Å²) in [5, 5.41) is 3.72. The SMILES string of the molecule is CN(C(=S)NC1CCCO1)C1(C)CCS(=O)(=O)C1. The summed E-state index contributed by atoms with van der Waals surface area (Å²) in [6.07, 6.45) is 2.58. The van der Waals surface area contributed by atoms with Gasteiger partial charge in [-0.3, -0.25) is 0 Å². The molecule has 0 aromatic heterocycles. The molecule has 0 aromatic carbocycles. The van der Waals surface area contributed by atoms with Gasteiger partial charge in [-0.25, -0.2) is 8.42 Å². The second-order valence-electron chi connectivity index (χ2n) is 5.35. The first-order chi connectivity index (χ1) is 8.32. The molecule has 1 N–H and O–H groups in total. The summed E-state index contributed by atoms with van der Waals surface area (Å²) in [4.78, 5) is 1.87. The van der Waals surface area contributed by atoms with Crippen molar-refractivity contribution in [3.05, 3.63) is 0 Å². The lowest BCUT2D eigenvalue weighted by atomic mass is 10.0. The van der Waals surface area contributed by atoms with E-state index in [0.717, 1.165) is 19.4 Å². The molecule has 104 valence electrons. The summed E-state index contributed by atoms with van der Waals surface area (Å²) < 4.78 is 28.7. The van der Waals surface area contributed by atoms with Gasteiger partial charge in [0.05, 0.1) is 17.0 Å². The highest BCUT2D eigenvalue weighted by Crippen LogP contribution is 2.28. The van der Waals surface area contributed by atoms with Gasteiger partial charge >= 0.3 is 0 Å². The number of thiocarbonyl (C=S) groups is 1. The molecule has 0 bridgehead atoms. The van der Waals surface area contributed by atoms with E-state index in [0.29, 0.717) is 11.5 Å². The lowest BCUT2D eigenvalue weighted by molar-refractivity contribution is 0.0955. The molecule has 2 aliphatic heterocycles. The highest BCUT2D eigenvalue weighted by molar-refractivity contribution is 7.91. The molecule has 2 saturated heterocycles. The molecule has 0 radical (unpaired) electrons. The summed E-state index contributed by atoms with van der Waals surface area (Å²) in [6.45, 7) is 2.71. The third-order valence-corrected chi connectivity index (χ3v) is 6.09. The Balaban J connectivity index is 1.97. The van der Waals surface area contributed by atoms with Gasteiger partial charge in [-0.1, -0.05) is 0 Å². The number of nitrogens with one attached hydrogen (secondary N) is 1. The Bertz CT molecular complexity index is 432. The van der Waals surface area contributed by atoms with Gasteiger partial charge in [-0.05, 0) is 38.4 Å². The summed E-state index contributed by atoms with van der Waals surface area (Å²) in [5.41, 5.74) is -0.401. The van der Waals surface area contributed by atoms with Crippen LogP contribution in [-0.2, 0) is 14.6 Å². The third-order valence-electron chi connectivity index (χ3n) is 3.81. The predicted molar refractivity (Wildman–Crippen MR) is 74.1 cm³/mol. The monoisotopic (exact) mass is 292 g/mol. The molecule has 5 nitrogen and oxygen atoms in total. The zero-order valence-electron chi connectivity index (χ0n) is 10.8. The Hall–Kier alpha value is -0.400. The van der Waals surface area contributed by atoms with E-state index in [1.54, 1.807) is 0 Å². The maximum Gasteiger partial charge on any atom is 0.171 e. The summed E-state index contributed by atoms with van der Waals surface area (Å²) in [6, 6.07) is 0. The van der Waals surface area contributed by atoms with E-state index in [-0.39, 0.29) is 17.7 Å². The topological polar surface area (TPSA) is 58.6 Å². The fourth-order valence-corrected chi connectivity index (χ4v) is 4.96. The molecule has 0 spiro atoms. The van der Waals surface area contributed by atoms with Crippen molar-refractivity contribution >= 4 is 27.2 Å². The van der Waals surface area contributed by atoms with Crippen LogP contribution in [0.3, 0.4) is 0 Å². The maximum atomic E-state index is 11.6. The normalized spacial score (nSPS) is 34.4. The van der Waals surface area contributed by atoms with Crippen LogP contribution in [-0.4, -0.2) is 55.4 Å². The van der Waals surface area contributed by atoms with Crippen LogP contribution in [0, 0.1) is 0 Å². The zero-order valence-corrected chi connectivity index (χ0v) is 12.4. The van der Waals surface area contributed by atoms with Crippen LogP contribution in [0.4, 0.5) is 0 Å². The number of sulfone groups is 1. The fraction of sp³-hybridized carbons (Fsp3) is 0.909. The lowest BCUT2D eigenvalue weighted by Crippen LogP contribution is -2.53. The fourth-order valence-electron chi connectivity index (χ4n) is 2.43. The van der Waals surface area contributed by atoms with Crippen LogP contribution < -0.4 is 5.32 Å². The predicted octanol–water partition coefficient (Wildman–Crippen LogP) is 0.506. The molecule has 2 heterocycles. The van der Waals surface area contributed by atoms with Gasteiger partial charge in [-0.15, -0.1) is 0 Å². The summed E-state index contributed by atoms with van der Waals surface area (Å²) in [7, 11) is -1.07. The van der Waals surface area contributed by atoms with Gasteiger partial charge in [0, 0.05) is 13.7 Å². The second kappa shape index (κ2) is 4.94. The van der Waals surface area contributed by atoms with Gasteiger partial charge in [-0.2, -0.15) is 0 Å². The van der Waals surface area contributed by atoms with Gasteiger partial charge < -0.3 is 15.0 Å². The molecule has 0 aliphatic carbocycles. The Morgan fingerprint density at radius 1 is 1.56 bits per heavy atom. The Morgan fingerprint density at radius 2 is 2.28 bits per heavy atom. The van der Waals surface area contributed by atoms with Gasteiger partial charge in [0.25, 0.3) is 0 Å². The molecule has 0 saturated carbocycles. The molecular formula is C11H20N2O3S2. The first-order valence-corrected chi connectivity index (χ1v) is 8.42. The van der Waals surface area contributed by atoms with Crippen LogP contribution in [0.15, 0.2) is 0 Å². The number of rotatable bonds is 2. The third kappa shape index (κ3) is 2.95. The second-order valence-corrected chi connectivity index (χ2v) is 7.92. The minimum absolute atomic E-state index is 0.0263. The molecular weight excluding hydrogens is 272 g/mol. The Labute approximate surface area is 114 Å². The van der Waals surface area contributed by atoms with Crippen LogP contribution in [0.5, 0.6) is 0 Å². The van der Waals surface area contributed by atoms with E-state index >= 15 is 0 Å². The average Bonchev–Trinajstić information content (AvgIpc) is 2.86. The number of ether oxygens (including phenoxy) is 1. The number of hydrogen-bond donors (Lipinski definition) is 1. The quantitative estimate of drug-likeness (QED) is 0.748. The Morgan fingerprint density at radius 3 is 2.78 bits per heavy atom. The number of nitrogens with zero attached hydrogens (tertiary/aromatic N) is 1. The van der Waals surface area contributed by atoms with Crippen molar-refractivity contribution in [2.45, 2.75) is 38.0 Å². The molecule has 0 amide bonds. The van der Waals surface area contributed by atoms with Crippen molar-refractivity contribution in [1.82, 2.24) is 10.2 Å². The van der Waals surface area contributed by atoms with Gasteiger partial charge in [0.1, 0.15) is 6.23 Å². The zero-order chi connectivity index (χ0) is 13.4. The van der Waals surface area contributed by atoms with Crippen molar-refractivity contribution in [2.24, 2.45) is 0 Å². The molecule has 2 fully saturated rings. The molecule has 18 heavy (non-hydrogen) atoms. The van der Waals surface area contributed by atoms with Crippen LogP contribution in [0.1, 0.15) is 26.2 Å². The smallest absolute Gasteiger partial charge is 0.171 e. The van der Waals surface area contributed by atoms with E-state index in [2.05, 4.69) is 5.32 Å². The largest absolute Gasteiger partial charge is 0.359 e. The molecule has 2 atom stereocenters. The minimum Gasteiger partial charge on any atom is -0.359 e. The molecule has 2 unspecified atom stereocenters. The van der Waals surface area contributed by atoms with Crippen molar-refractivity contribution in [2.75, 3.05) is 25.2 Å². The number of hydrogen-bond acceptors (Lipinski definition) is 4. The van der Waals surface area contributed by atoms with E-state index in [1.807, 2.05) is 18.9 Å². The standard InChI is InChI=1S/C11H20N2O3S2/c1-11(5-7-18(14,15)8-11)13(2)10(17)12-9-4-3-6-16-9/h9H,3-8H2,1-2H3,(H,12,17). The minimum atomic E-state index is -2.92. The lowest BCUT2D eigenvalue weighted by Gasteiger charge is -2.37. The average molecular weight is 292 g/mol. The van der Waals surface area contributed by atoms with Crippen LogP contribution in [0.25, 0.3) is 0 Å². The van der Waals surface area contributed by atoms with Crippen molar-refractivity contribution in [3.63, 3.8) is 0 Å². The van der Waals surface area contributed by atoms with Crippen molar-refractivity contribution < 1.29 is 13.2 Å². The molecule has 7 heteroatoms. The molecule has 2 aliphatic rings. The van der Waals surface area contributed by atoms with E-state index in [9.17, 15) is 8.42 Å². The highest BCUT2D eigenvalue weighted by Gasteiger charge is 2.42. The van der Waals surface area contributed by atoms with Gasteiger partial charge in [0.15, 0.2) is 14.9 Å². The van der Waals surface area contributed by atoms with Crippen LogP contribution >= 0.6 is 12.2 Å². The summed E-state index contributed by atoms with van der Waals surface area (Å²) in [5.74, 6) is 0.417. The Kier molecular flexibility index (Phi) is 3.85. The first kappa shape index (κ1) is 14.0. The molecule has 0 aromatic rings. The highest BCUT2D eigenvalue weighted by atomic mass is 32.2. The molecule has 2 rings (SSSR count). The van der Waals surface area contributed by atoms with Crippen molar-refractivity contribution in [3.8, 4) is 0 Å². The van der Waals surface area contributed by atoms with Crippen molar-refractivity contribution in [1.29, 1.82) is 0 Å².